The van der Waals surface area contributed by atoms with Gasteiger partial charge in [0.2, 0.25) is 5.75 Å². The lowest BCUT2D eigenvalue weighted by Gasteiger charge is -2.18. The van der Waals surface area contributed by atoms with Crippen molar-refractivity contribution in [1.82, 2.24) is 9.55 Å². The summed E-state index contributed by atoms with van der Waals surface area (Å²) in [6, 6.07) is 6.91. The van der Waals surface area contributed by atoms with Gasteiger partial charge in [-0.2, -0.15) is 0 Å². The molecule has 8 nitrogen and oxygen atoms in total. The van der Waals surface area contributed by atoms with Crippen LogP contribution in [0.5, 0.6) is 17.2 Å². The second kappa shape index (κ2) is 9.90. The second-order valence-electron chi connectivity index (χ2n) is 6.56. The molecule has 0 fully saturated rings. The number of fused-ring (bicyclic) bond motifs is 1. The van der Waals surface area contributed by atoms with Crippen LogP contribution in [-0.2, 0) is 9.53 Å². The van der Waals surface area contributed by atoms with Crippen molar-refractivity contribution in [3.63, 3.8) is 0 Å². The summed E-state index contributed by atoms with van der Waals surface area (Å²) in [5.74, 6) is -0.102. The van der Waals surface area contributed by atoms with Crippen molar-refractivity contribution in [2.75, 3.05) is 27.9 Å². The summed E-state index contributed by atoms with van der Waals surface area (Å²) in [7, 11) is 4.32. The third-order valence-electron chi connectivity index (χ3n) is 4.62. The quantitative estimate of drug-likeness (QED) is 0.285. The van der Waals surface area contributed by atoms with Crippen LogP contribution in [0.3, 0.4) is 0 Å². The zero-order chi connectivity index (χ0) is 23.4. The number of carbonyl (C=O) groups is 1. The molecule has 1 heterocycles. The number of rotatable bonds is 8. The number of hydrogen-bond donors (Lipinski definition) is 0. The highest BCUT2D eigenvalue weighted by molar-refractivity contribution is 8.00. The van der Waals surface area contributed by atoms with Crippen LogP contribution in [0.2, 0.25) is 0 Å². The van der Waals surface area contributed by atoms with Crippen LogP contribution in [0, 0.1) is 5.82 Å². The summed E-state index contributed by atoms with van der Waals surface area (Å²) < 4.78 is 36.2. The first-order valence-electron chi connectivity index (χ1n) is 9.71. The first-order valence-corrected chi connectivity index (χ1v) is 10.6. The summed E-state index contributed by atoms with van der Waals surface area (Å²) >= 11 is 1.04. The van der Waals surface area contributed by atoms with Gasteiger partial charge in [-0.05, 0) is 44.2 Å². The first kappa shape index (κ1) is 23.4. The number of nitrogens with zero attached hydrogens (tertiary/aromatic N) is 2. The molecule has 3 rings (SSSR count). The number of aromatic nitrogens is 2. The van der Waals surface area contributed by atoms with Crippen LogP contribution in [0.25, 0.3) is 16.6 Å². The fourth-order valence-corrected chi connectivity index (χ4v) is 4.05. The highest BCUT2D eigenvalue weighted by atomic mass is 32.2. The van der Waals surface area contributed by atoms with E-state index in [9.17, 15) is 14.0 Å². The fraction of sp³-hybridized carbons (Fsp3) is 0.318. The van der Waals surface area contributed by atoms with Gasteiger partial charge in [-0.15, -0.1) is 0 Å². The molecule has 0 aliphatic rings. The average Bonchev–Trinajstić information content (AvgIpc) is 2.79. The summed E-state index contributed by atoms with van der Waals surface area (Å²) in [5, 5.41) is -0.241. The van der Waals surface area contributed by atoms with Crippen molar-refractivity contribution in [2.24, 2.45) is 0 Å². The van der Waals surface area contributed by atoms with Crippen LogP contribution < -0.4 is 19.8 Å². The highest BCUT2D eigenvalue weighted by Gasteiger charge is 2.25. The van der Waals surface area contributed by atoms with Gasteiger partial charge in [0.1, 0.15) is 16.6 Å². The maximum absolute atomic E-state index is 13.6. The molecule has 32 heavy (non-hydrogen) atoms. The van der Waals surface area contributed by atoms with Crippen molar-refractivity contribution >= 4 is 28.6 Å². The SMILES string of the molecule is CCOC(=O)C(C)Sc1nc2c(OC)c(OC)c(OC)cc2c(=O)n1-c1ccc(F)cc1. The molecule has 0 saturated heterocycles. The highest BCUT2D eigenvalue weighted by Crippen LogP contribution is 2.42. The maximum atomic E-state index is 13.6. The lowest BCUT2D eigenvalue weighted by atomic mass is 10.2. The van der Waals surface area contributed by atoms with E-state index in [1.165, 1.54) is 56.2 Å². The number of ether oxygens (including phenoxy) is 4. The van der Waals surface area contributed by atoms with E-state index < -0.39 is 22.6 Å². The number of benzene rings is 2. The lowest BCUT2D eigenvalue weighted by molar-refractivity contribution is -0.142. The molecule has 3 aromatic rings. The number of carbonyl (C=O) groups excluding carboxylic acids is 1. The number of esters is 1. The lowest BCUT2D eigenvalue weighted by Crippen LogP contribution is -2.24. The molecule has 0 radical (unpaired) electrons. The molecule has 0 amide bonds. The molecule has 2 aromatic carbocycles. The van der Waals surface area contributed by atoms with E-state index in [-0.39, 0.29) is 34.2 Å². The van der Waals surface area contributed by atoms with E-state index in [1.54, 1.807) is 13.8 Å². The summed E-state index contributed by atoms with van der Waals surface area (Å²) in [4.78, 5) is 30.5. The van der Waals surface area contributed by atoms with E-state index >= 15 is 0 Å². The van der Waals surface area contributed by atoms with Crippen LogP contribution in [0.15, 0.2) is 40.3 Å². The zero-order valence-electron chi connectivity index (χ0n) is 18.3. The summed E-state index contributed by atoms with van der Waals surface area (Å²) in [5.41, 5.74) is 0.185. The van der Waals surface area contributed by atoms with Gasteiger partial charge in [-0.25, -0.2) is 9.37 Å². The number of hydrogen-bond acceptors (Lipinski definition) is 8. The van der Waals surface area contributed by atoms with Gasteiger partial charge < -0.3 is 18.9 Å². The normalized spacial score (nSPS) is 11.8. The van der Waals surface area contributed by atoms with E-state index in [4.69, 9.17) is 18.9 Å². The van der Waals surface area contributed by atoms with Gasteiger partial charge in [0.25, 0.3) is 5.56 Å². The first-order chi connectivity index (χ1) is 15.4. The van der Waals surface area contributed by atoms with Crippen molar-refractivity contribution in [2.45, 2.75) is 24.3 Å². The Balaban J connectivity index is 2.35. The predicted octanol–water partition coefficient (Wildman–Crippen LogP) is 3.59. The summed E-state index contributed by atoms with van der Waals surface area (Å²) in [6.45, 7) is 3.59. The number of halogens is 1. The molecule has 1 unspecified atom stereocenters. The standard InChI is InChI=1S/C22H23FN2O6S/c1-6-31-21(27)12(2)32-22-24-17-15(11-16(28-3)18(29-4)19(17)30-5)20(26)25(22)14-9-7-13(23)8-10-14/h7-12H,6H2,1-5H3. The minimum absolute atomic E-state index is 0.206. The van der Waals surface area contributed by atoms with E-state index in [0.29, 0.717) is 11.4 Å². The Kier molecular flexibility index (Phi) is 7.24. The topological polar surface area (TPSA) is 88.9 Å². The third-order valence-corrected chi connectivity index (χ3v) is 5.65. The van der Waals surface area contributed by atoms with E-state index in [0.717, 1.165) is 11.8 Å². The van der Waals surface area contributed by atoms with Crippen molar-refractivity contribution in [3.05, 3.63) is 46.5 Å². The van der Waals surface area contributed by atoms with Crippen LogP contribution >= 0.6 is 11.8 Å². The smallest absolute Gasteiger partial charge is 0.319 e. The molecular weight excluding hydrogens is 439 g/mol. The Labute approximate surface area is 188 Å². The van der Waals surface area contributed by atoms with Gasteiger partial charge in [-0.1, -0.05) is 11.8 Å². The Hall–Kier alpha value is -3.27. The molecule has 0 spiro atoms. The van der Waals surface area contributed by atoms with E-state index in [1.807, 2.05) is 0 Å². The average molecular weight is 462 g/mol. The third kappa shape index (κ3) is 4.36. The molecule has 0 aliphatic carbocycles. The van der Waals surface area contributed by atoms with Crippen LogP contribution in [0.1, 0.15) is 13.8 Å². The maximum Gasteiger partial charge on any atom is 0.319 e. The number of thioether (sulfide) groups is 1. The molecular formula is C22H23FN2O6S. The number of methoxy groups -OCH3 is 3. The Bertz CT molecular complexity index is 1200. The molecule has 1 aromatic heterocycles. The molecule has 0 aliphatic heterocycles. The van der Waals surface area contributed by atoms with Gasteiger partial charge in [0.05, 0.1) is 39.0 Å². The molecule has 0 saturated carbocycles. The van der Waals surface area contributed by atoms with Crippen LogP contribution in [0.4, 0.5) is 4.39 Å². The minimum atomic E-state index is -0.655. The predicted molar refractivity (Wildman–Crippen MR) is 119 cm³/mol. The monoisotopic (exact) mass is 462 g/mol. The molecule has 10 heteroatoms. The van der Waals surface area contributed by atoms with Crippen molar-refractivity contribution in [3.8, 4) is 22.9 Å². The van der Waals surface area contributed by atoms with Gasteiger partial charge in [0.15, 0.2) is 16.7 Å². The van der Waals surface area contributed by atoms with Crippen LogP contribution in [-0.4, -0.2) is 48.7 Å². The van der Waals surface area contributed by atoms with Gasteiger partial charge in [0, 0.05) is 0 Å². The van der Waals surface area contributed by atoms with Gasteiger partial charge >= 0.3 is 5.97 Å². The van der Waals surface area contributed by atoms with Crippen molar-refractivity contribution < 1.29 is 28.1 Å². The minimum Gasteiger partial charge on any atom is -0.493 e. The van der Waals surface area contributed by atoms with E-state index in [2.05, 4.69) is 4.98 Å². The molecule has 1 atom stereocenters. The molecule has 0 bridgehead atoms. The van der Waals surface area contributed by atoms with Gasteiger partial charge in [-0.3, -0.25) is 14.2 Å². The fourth-order valence-electron chi connectivity index (χ4n) is 3.13. The zero-order valence-corrected chi connectivity index (χ0v) is 19.1. The Morgan fingerprint density at radius 1 is 1.12 bits per heavy atom. The Morgan fingerprint density at radius 2 is 1.78 bits per heavy atom. The summed E-state index contributed by atoms with van der Waals surface area (Å²) in [6.07, 6.45) is 0. The molecule has 170 valence electrons. The van der Waals surface area contributed by atoms with Crippen molar-refractivity contribution in [1.29, 1.82) is 0 Å². The Morgan fingerprint density at radius 3 is 2.34 bits per heavy atom. The molecule has 0 N–H and O–H groups in total. The second-order valence-corrected chi connectivity index (χ2v) is 7.87. The largest absolute Gasteiger partial charge is 0.493 e.